The van der Waals surface area contributed by atoms with Crippen LogP contribution in [-0.2, 0) is 4.79 Å². The summed E-state index contributed by atoms with van der Waals surface area (Å²) in [6, 6.07) is 9.52. The van der Waals surface area contributed by atoms with Gasteiger partial charge in [-0.1, -0.05) is 37.3 Å². The summed E-state index contributed by atoms with van der Waals surface area (Å²) in [5.74, 6) is 0.926. The molecule has 1 aromatic rings. The lowest BCUT2D eigenvalue weighted by Crippen LogP contribution is -2.55. The smallest absolute Gasteiger partial charge is 0.313 e. The molecule has 1 saturated carbocycles. The molecule has 2 fully saturated rings. The number of carbonyl (C=O) groups excluding carboxylic acids is 2. The highest BCUT2D eigenvalue weighted by Crippen LogP contribution is 2.43. The molecule has 1 aliphatic carbocycles. The van der Waals surface area contributed by atoms with Crippen molar-refractivity contribution in [2.75, 3.05) is 12.3 Å². The Balaban J connectivity index is 1.87. The fraction of sp³-hybridized carbons (Fsp3) is 0.500. The summed E-state index contributed by atoms with van der Waals surface area (Å²) < 4.78 is 0. The first kappa shape index (κ1) is 15.2. The topological polar surface area (TPSA) is 75.4 Å². The Labute approximate surface area is 134 Å². The molecule has 1 heterocycles. The van der Waals surface area contributed by atoms with Crippen LogP contribution >= 0.6 is 11.8 Å². The van der Waals surface area contributed by atoms with Crippen molar-refractivity contribution < 1.29 is 9.59 Å². The van der Waals surface area contributed by atoms with E-state index in [1.54, 1.807) is 0 Å². The molecule has 0 spiro atoms. The third-order valence-corrected chi connectivity index (χ3v) is 5.62. The third-order valence-electron chi connectivity index (χ3n) is 4.42. The molecule has 2 aliphatic rings. The van der Waals surface area contributed by atoms with E-state index >= 15 is 0 Å². The highest BCUT2D eigenvalue weighted by molar-refractivity contribution is 8.00. The minimum atomic E-state index is -0.763. The van der Waals surface area contributed by atoms with Gasteiger partial charge in [-0.25, -0.2) is 4.79 Å². The molecule has 3 amide bonds. The van der Waals surface area contributed by atoms with E-state index in [-0.39, 0.29) is 11.9 Å². The minimum Gasteiger partial charge on any atom is -0.352 e. The summed E-state index contributed by atoms with van der Waals surface area (Å²) in [5, 5.41) is 2.98. The summed E-state index contributed by atoms with van der Waals surface area (Å²) in [6.07, 6.45) is 1.35. The van der Waals surface area contributed by atoms with Gasteiger partial charge in [-0.05, 0) is 18.4 Å². The molecule has 1 saturated heterocycles. The Morgan fingerprint density at radius 2 is 2.00 bits per heavy atom. The molecule has 5 nitrogen and oxygen atoms in total. The van der Waals surface area contributed by atoms with Crippen LogP contribution in [0.5, 0.6) is 0 Å². The molecule has 6 heteroatoms. The van der Waals surface area contributed by atoms with Crippen molar-refractivity contribution in [2.45, 2.75) is 36.6 Å². The van der Waals surface area contributed by atoms with Crippen molar-refractivity contribution in [3.8, 4) is 0 Å². The Kier molecular flexibility index (Phi) is 4.04. The summed E-state index contributed by atoms with van der Waals surface area (Å²) in [6.45, 7) is 2.86. The van der Waals surface area contributed by atoms with Gasteiger partial charge in [0, 0.05) is 17.5 Å². The summed E-state index contributed by atoms with van der Waals surface area (Å²) in [7, 11) is 0. The number of nitrogens with one attached hydrogen (secondary N) is 1. The second kappa shape index (κ2) is 5.83. The first-order valence-electron chi connectivity index (χ1n) is 7.59. The average molecular weight is 319 g/mol. The van der Waals surface area contributed by atoms with Crippen molar-refractivity contribution in [3.05, 3.63) is 35.9 Å². The lowest BCUT2D eigenvalue weighted by atomic mass is 10.0. The van der Waals surface area contributed by atoms with E-state index in [1.807, 2.05) is 34.9 Å². The quantitative estimate of drug-likeness (QED) is 0.893. The molecule has 1 aliphatic heterocycles. The standard InChI is InChI=1S/C16H21N3O2S/c1-11-13(12-5-3-2-4-6-12)19(9-10-22-11)14(20)16(7-8-16)18-15(17)21/h2-6,11,13H,7-10H2,1H3,(H3,17,18,21)/t11-,13-/m0/s1. The molecule has 1 aromatic carbocycles. The maximum Gasteiger partial charge on any atom is 0.313 e. The number of rotatable bonds is 3. The molecule has 0 bridgehead atoms. The van der Waals surface area contributed by atoms with E-state index in [0.29, 0.717) is 24.6 Å². The number of nitrogens with zero attached hydrogens (tertiary/aromatic N) is 1. The molecule has 118 valence electrons. The van der Waals surface area contributed by atoms with E-state index in [0.717, 1.165) is 11.3 Å². The van der Waals surface area contributed by atoms with E-state index in [2.05, 4.69) is 24.4 Å². The van der Waals surface area contributed by atoms with Crippen molar-refractivity contribution >= 4 is 23.7 Å². The average Bonchev–Trinajstić information content (AvgIpc) is 3.27. The summed E-state index contributed by atoms with van der Waals surface area (Å²) in [5.41, 5.74) is 5.61. The molecule has 22 heavy (non-hydrogen) atoms. The lowest BCUT2D eigenvalue weighted by molar-refractivity contribution is -0.136. The van der Waals surface area contributed by atoms with Gasteiger partial charge in [-0.15, -0.1) is 0 Å². The van der Waals surface area contributed by atoms with E-state index < -0.39 is 11.6 Å². The number of amides is 3. The van der Waals surface area contributed by atoms with E-state index in [4.69, 9.17) is 5.73 Å². The van der Waals surface area contributed by atoms with Gasteiger partial charge in [-0.2, -0.15) is 11.8 Å². The van der Waals surface area contributed by atoms with Crippen LogP contribution in [0.3, 0.4) is 0 Å². The zero-order valence-corrected chi connectivity index (χ0v) is 13.4. The van der Waals surface area contributed by atoms with Gasteiger partial charge in [0.1, 0.15) is 5.54 Å². The third kappa shape index (κ3) is 2.79. The monoisotopic (exact) mass is 319 g/mol. The normalized spacial score (nSPS) is 26.3. The molecule has 2 atom stereocenters. The maximum absolute atomic E-state index is 13.0. The van der Waals surface area contributed by atoms with Crippen LogP contribution in [-0.4, -0.2) is 39.9 Å². The van der Waals surface area contributed by atoms with E-state index in [9.17, 15) is 9.59 Å². The number of primary amides is 1. The van der Waals surface area contributed by atoms with Crippen LogP contribution in [0.4, 0.5) is 4.79 Å². The maximum atomic E-state index is 13.0. The predicted octanol–water partition coefficient (Wildman–Crippen LogP) is 1.89. The summed E-state index contributed by atoms with van der Waals surface area (Å²) in [4.78, 5) is 26.1. The van der Waals surface area contributed by atoms with Gasteiger partial charge in [0.2, 0.25) is 5.91 Å². The van der Waals surface area contributed by atoms with Crippen LogP contribution in [0.15, 0.2) is 30.3 Å². The van der Waals surface area contributed by atoms with Gasteiger partial charge in [0.15, 0.2) is 0 Å². The zero-order chi connectivity index (χ0) is 15.7. The van der Waals surface area contributed by atoms with Crippen LogP contribution in [0.1, 0.15) is 31.4 Å². The van der Waals surface area contributed by atoms with Gasteiger partial charge < -0.3 is 16.0 Å². The number of hydrogen-bond donors (Lipinski definition) is 2. The molecule has 0 aromatic heterocycles. The molecule has 3 N–H and O–H groups in total. The highest BCUT2D eigenvalue weighted by Gasteiger charge is 2.54. The van der Waals surface area contributed by atoms with E-state index in [1.165, 1.54) is 0 Å². The number of nitrogens with two attached hydrogens (primary N) is 1. The second-order valence-corrected chi connectivity index (χ2v) is 7.49. The van der Waals surface area contributed by atoms with Crippen molar-refractivity contribution in [3.63, 3.8) is 0 Å². The Bertz CT molecular complexity index is 574. The molecular weight excluding hydrogens is 298 g/mol. The number of urea groups is 1. The Hall–Kier alpha value is -1.69. The largest absolute Gasteiger partial charge is 0.352 e. The zero-order valence-electron chi connectivity index (χ0n) is 12.6. The Morgan fingerprint density at radius 1 is 1.32 bits per heavy atom. The first-order valence-corrected chi connectivity index (χ1v) is 8.64. The van der Waals surface area contributed by atoms with Gasteiger partial charge in [0.25, 0.3) is 0 Å². The fourth-order valence-electron chi connectivity index (χ4n) is 3.18. The predicted molar refractivity (Wildman–Crippen MR) is 87.5 cm³/mol. The fourth-order valence-corrected chi connectivity index (χ4v) is 4.34. The number of hydrogen-bond acceptors (Lipinski definition) is 3. The van der Waals surface area contributed by atoms with Crippen LogP contribution in [0.2, 0.25) is 0 Å². The molecule has 0 unspecified atom stereocenters. The van der Waals surface area contributed by atoms with Crippen molar-refractivity contribution in [1.29, 1.82) is 0 Å². The van der Waals surface area contributed by atoms with Crippen molar-refractivity contribution in [1.82, 2.24) is 10.2 Å². The summed E-state index contributed by atoms with van der Waals surface area (Å²) >= 11 is 1.88. The SMILES string of the molecule is C[C@@H]1SCCN(C(=O)C2(NC(N)=O)CC2)[C@@H]1c1ccccc1. The minimum absolute atomic E-state index is 0.00676. The second-order valence-electron chi connectivity index (χ2n) is 6.00. The molecule has 0 radical (unpaired) electrons. The van der Waals surface area contributed by atoms with Gasteiger partial charge >= 0.3 is 6.03 Å². The lowest BCUT2D eigenvalue weighted by Gasteiger charge is -2.41. The van der Waals surface area contributed by atoms with Crippen molar-refractivity contribution in [2.24, 2.45) is 5.73 Å². The molecular formula is C16H21N3O2S. The number of carbonyl (C=O) groups is 2. The van der Waals surface area contributed by atoms with Crippen LogP contribution in [0, 0.1) is 0 Å². The van der Waals surface area contributed by atoms with Crippen LogP contribution in [0.25, 0.3) is 0 Å². The number of benzene rings is 1. The highest BCUT2D eigenvalue weighted by atomic mass is 32.2. The Morgan fingerprint density at radius 3 is 2.59 bits per heavy atom. The van der Waals surface area contributed by atoms with Gasteiger partial charge in [-0.3, -0.25) is 4.79 Å². The molecule has 3 rings (SSSR count). The first-order chi connectivity index (χ1) is 10.5. The van der Waals surface area contributed by atoms with Gasteiger partial charge in [0.05, 0.1) is 6.04 Å². The number of thioether (sulfide) groups is 1. The van der Waals surface area contributed by atoms with Crippen LogP contribution < -0.4 is 11.1 Å².